The summed E-state index contributed by atoms with van der Waals surface area (Å²) in [7, 11) is 1.36. The van der Waals surface area contributed by atoms with Crippen molar-refractivity contribution in [2.45, 2.75) is 19.6 Å². The predicted molar refractivity (Wildman–Crippen MR) is 94.6 cm³/mol. The van der Waals surface area contributed by atoms with Crippen molar-refractivity contribution in [3.8, 4) is 5.75 Å². The molecule has 8 heteroatoms. The summed E-state index contributed by atoms with van der Waals surface area (Å²) in [6, 6.07) is 12.0. The average molecular weight is 374 g/mol. The largest absolute Gasteiger partial charge is 0.497 e. The number of ether oxygens (including phenoxy) is 2. The second kappa shape index (κ2) is 9.33. The first-order chi connectivity index (χ1) is 12.9. The number of urea groups is 1. The van der Waals surface area contributed by atoms with Crippen molar-refractivity contribution in [1.29, 1.82) is 0 Å². The van der Waals surface area contributed by atoms with E-state index in [1.54, 1.807) is 0 Å². The summed E-state index contributed by atoms with van der Waals surface area (Å²) < 4.78 is 23.6. The third-order valence-corrected chi connectivity index (χ3v) is 3.58. The first-order valence-corrected chi connectivity index (χ1v) is 8.08. The average Bonchev–Trinajstić information content (AvgIpc) is 2.66. The number of carbonyl (C=O) groups excluding carboxylic acids is 3. The Bertz CT molecular complexity index is 826. The molecule has 27 heavy (non-hydrogen) atoms. The standard InChI is InChI=1S/C19H19FN2O5/c1-12(27-18(24)15-9-8-14(26-2)10-16(15)20)17(23)22-19(25)21-11-13-6-4-3-5-7-13/h3-10,12H,11H2,1-2H3,(H2,21,22,23,25)/t12-/m0/s1. The monoisotopic (exact) mass is 374 g/mol. The van der Waals surface area contributed by atoms with Gasteiger partial charge in [-0.05, 0) is 24.6 Å². The summed E-state index contributed by atoms with van der Waals surface area (Å²) in [4.78, 5) is 35.7. The molecule has 7 nitrogen and oxygen atoms in total. The van der Waals surface area contributed by atoms with Gasteiger partial charge in [-0.1, -0.05) is 30.3 Å². The van der Waals surface area contributed by atoms with Gasteiger partial charge in [0.1, 0.15) is 11.6 Å². The number of imide groups is 1. The van der Waals surface area contributed by atoms with Gasteiger partial charge in [-0.25, -0.2) is 14.0 Å². The molecule has 142 valence electrons. The predicted octanol–water partition coefficient (Wildman–Crippen LogP) is 2.41. The first kappa shape index (κ1) is 19.9. The molecule has 0 aliphatic heterocycles. The summed E-state index contributed by atoms with van der Waals surface area (Å²) in [5, 5.41) is 4.57. The molecule has 0 aliphatic rings. The molecule has 0 saturated carbocycles. The molecule has 1 atom stereocenters. The highest BCUT2D eigenvalue weighted by atomic mass is 19.1. The normalized spacial score (nSPS) is 11.2. The number of methoxy groups -OCH3 is 1. The maximum atomic E-state index is 13.9. The van der Waals surface area contributed by atoms with Crippen LogP contribution in [0, 0.1) is 5.82 Å². The van der Waals surface area contributed by atoms with Gasteiger partial charge in [0.2, 0.25) is 0 Å². The van der Waals surface area contributed by atoms with Gasteiger partial charge < -0.3 is 14.8 Å². The van der Waals surface area contributed by atoms with Gasteiger partial charge in [0.05, 0.1) is 12.7 Å². The van der Waals surface area contributed by atoms with Crippen molar-refractivity contribution < 1.29 is 28.2 Å². The maximum absolute atomic E-state index is 13.9. The van der Waals surface area contributed by atoms with E-state index < -0.39 is 29.8 Å². The molecule has 2 rings (SSSR count). The Hall–Kier alpha value is -3.42. The summed E-state index contributed by atoms with van der Waals surface area (Å²) in [5.41, 5.74) is 0.513. The Labute approximate surface area is 155 Å². The molecule has 0 unspecified atom stereocenters. The fourth-order valence-corrected chi connectivity index (χ4v) is 2.10. The molecule has 3 amide bonds. The molecule has 0 heterocycles. The number of esters is 1. The third kappa shape index (κ3) is 5.81. The van der Waals surface area contributed by atoms with Gasteiger partial charge in [0.15, 0.2) is 6.10 Å². The maximum Gasteiger partial charge on any atom is 0.341 e. The fourth-order valence-electron chi connectivity index (χ4n) is 2.10. The van der Waals surface area contributed by atoms with Crippen LogP contribution in [0.3, 0.4) is 0 Å². The van der Waals surface area contributed by atoms with Crippen molar-refractivity contribution in [3.05, 3.63) is 65.5 Å². The lowest BCUT2D eigenvalue weighted by molar-refractivity contribution is -0.127. The minimum Gasteiger partial charge on any atom is -0.497 e. The molecule has 2 N–H and O–H groups in total. The Morgan fingerprint density at radius 1 is 1.11 bits per heavy atom. The number of hydrogen-bond donors (Lipinski definition) is 2. The van der Waals surface area contributed by atoms with E-state index in [4.69, 9.17) is 9.47 Å². The zero-order valence-corrected chi connectivity index (χ0v) is 14.8. The van der Waals surface area contributed by atoms with Crippen molar-refractivity contribution in [2.24, 2.45) is 0 Å². The highest BCUT2D eigenvalue weighted by Gasteiger charge is 2.22. The van der Waals surface area contributed by atoms with Crippen LogP contribution in [0.5, 0.6) is 5.75 Å². The second-order valence-electron chi connectivity index (χ2n) is 5.55. The number of nitrogens with one attached hydrogen (secondary N) is 2. The van der Waals surface area contributed by atoms with E-state index in [0.717, 1.165) is 11.6 Å². The quantitative estimate of drug-likeness (QED) is 0.758. The lowest BCUT2D eigenvalue weighted by Crippen LogP contribution is -2.44. The highest BCUT2D eigenvalue weighted by molar-refractivity contribution is 5.98. The van der Waals surface area contributed by atoms with E-state index in [-0.39, 0.29) is 17.9 Å². The van der Waals surface area contributed by atoms with Crippen molar-refractivity contribution in [1.82, 2.24) is 10.6 Å². The van der Waals surface area contributed by atoms with Crippen LogP contribution >= 0.6 is 0 Å². The summed E-state index contributed by atoms with van der Waals surface area (Å²) in [6.45, 7) is 1.50. The van der Waals surface area contributed by atoms with Crippen molar-refractivity contribution in [3.63, 3.8) is 0 Å². The van der Waals surface area contributed by atoms with E-state index in [0.29, 0.717) is 0 Å². The number of hydrogen-bond acceptors (Lipinski definition) is 5. The molecule has 0 spiro atoms. The van der Waals surface area contributed by atoms with Crippen LogP contribution in [0.15, 0.2) is 48.5 Å². The molecule has 2 aromatic carbocycles. The minimum atomic E-state index is -1.29. The Morgan fingerprint density at radius 2 is 1.81 bits per heavy atom. The number of carbonyl (C=O) groups is 3. The molecular formula is C19H19FN2O5. The van der Waals surface area contributed by atoms with Crippen LogP contribution in [0.2, 0.25) is 0 Å². The first-order valence-electron chi connectivity index (χ1n) is 8.08. The number of benzene rings is 2. The summed E-state index contributed by atoms with van der Waals surface area (Å²) >= 11 is 0. The van der Waals surface area contributed by atoms with E-state index >= 15 is 0 Å². The van der Waals surface area contributed by atoms with Crippen LogP contribution in [-0.4, -0.2) is 31.1 Å². The molecule has 0 bridgehead atoms. The van der Waals surface area contributed by atoms with Gasteiger partial charge in [-0.15, -0.1) is 0 Å². The Kier molecular flexibility index (Phi) is 6.87. The van der Waals surface area contributed by atoms with Gasteiger partial charge in [-0.2, -0.15) is 0 Å². The summed E-state index contributed by atoms with van der Waals surface area (Å²) in [5.74, 6) is -2.46. The van der Waals surface area contributed by atoms with Crippen molar-refractivity contribution in [2.75, 3.05) is 7.11 Å². The van der Waals surface area contributed by atoms with Crippen LogP contribution in [0.4, 0.5) is 9.18 Å². The van der Waals surface area contributed by atoms with Gasteiger partial charge >= 0.3 is 12.0 Å². The van der Waals surface area contributed by atoms with Gasteiger partial charge in [0, 0.05) is 12.6 Å². The SMILES string of the molecule is COc1ccc(C(=O)O[C@@H](C)C(=O)NC(=O)NCc2ccccc2)c(F)c1. The molecule has 0 aliphatic carbocycles. The van der Waals surface area contributed by atoms with Crippen LogP contribution in [0.25, 0.3) is 0 Å². The highest BCUT2D eigenvalue weighted by Crippen LogP contribution is 2.17. The third-order valence-electron chi connectivity index (χ3n) is 3.58. The number of rotatable bonds is 6. The van der Waals surface area contributed by atoms with Crippen molar-refractivity contribution >= 4 is 17.9 Å². The Morgan fingerprint density at radius 3 is 2.44 bits per heavy atom. The molecule has 0 fully saturated rings. The topological polar surface area (TPSA) is 93.7 Å². The van der Waals surface area contributed by atoms with Crippen LogP contribution in [0.1, 0.15) is 22.8 Å². The van der Waals surface area contributed by atoms with Crippen LogP contribution in [-0.2, 0) is 16.1 Å². The lowest BCUT2D eigenvalue weighted by atomic mass is 10.2. The molecule has 0 saturated heterocycles. The Balaban J connectivity index is 1.85. The number of amides is 3. The summed E-state index contributed by atoms with van der Waals surface area (Å²) in [6.07, 6.45) is -1.29. The fraction of sp³-hybridized carbons (Fsp3) is 0.211. The minimum absolute atomic E-state index is 0.227. The van der Waals surface area contributed by atoms with Crippen LogP contribution < -0.4 is 15.4 Å². The molecular weight excluding hydrogens is 355 g/mol. The second-order valence-corrected chi connectivity index (χ2v) is 5.55. The van der Waals surface area contributed by atoms with E-state index in [2.05, 4.69) is 10.6 Å². The number of halogens is 1. The molecule has 0 aromatic heterocycles. The van der Waals surface area contributed by atoms with Gasteiger partial charge in [0.25, 0.3) is 5.91 Å². The zero-order valence-electron chi connectivity index (χ0n) is 14.8. The lowest BCUT2D eigenvalue weighted by Gasteiger charge is -2.14. The smallest absolute Gasteiger partial charge is 0.341 e. The van der Waals surface area contributed by atoms with Gasteiger partial charge in [-0.3, -0.25) is 10.1 Å². The zero-order chi connectivity index (χ0) is 19.8. The van der Waals surface area contributed by atoms with E-state index in [1.807, 2.05) is 30.3 Å². The van der Waals surface area contributed by atoms with E-state index in [9.17, 15) is 18.8 Å². The van der Waals surface area contributed by atoms with E-state index in [1.165, 1.54) is 26.2 Å². The molecule has 0 radical (unpaired) electrons. The molecule has 2 aromatic rings.